The van der Waals surface area contributed by atoms with Crippen LogP contribution < -0.4 is 9.46 Å². The first-order chi connectivity index (χ1) is 15.0. The molecule has 0 aliphatic rings. The Balaban J connectivity index is 1.89. The molecule has 3 aromatic rings. The lowest BCUT2D eigenvalue weighted by atomic mass is 10.0. The molecule has 0 aliphatic carbocycles. The predicted octanol–water partition coefficient (Wildman–Crippen LogP) is 4.37. The Morgan fingerprint density at radius 2 is 1.87 bits per heavy atom. The van der Waals surface area contributed by atoms with Crippen molar-refractivity contribution in [3.8, 4) is 17.1 Å². The molecule has 0 fully saturated rings. The summed E-state index contributed by atoms with van der Waals surface area (Å²) in [6, 6.07) is 20.1. The molecule has 6 nitrogen and oxygen atoms in total. The minimum Gasteiger partial charge on any atom is -0.593 e. The first-order valence-corrected chi connectivity index (χ1v) is 11.2. The van der Waals surface area contributed by atoms with Crippen LogP contribution in [0, 0.1) is 6.92 Å². The first kappa shape index (κ1) is 22.8. The second-order valence-electron chi connectivity index (χ2n) is 6.95. The monoisotopic (exact) mass is 438 g/mol. The van der Waals surface area contributed by atoms with Crippen LogP contribution in [0.5, 0.6) is 5.88 Å². The molecule has 0 amide bonds. The van der Waals surface area contributed by atoms with E-state index >= 15 is 0 Å². The van der Waals surface area contributed by atoms with Gasteiger partial charge in [0.1, 0.15) is 0 Å². The zero-order valence-electron chi connectivity index (χ0n) is 17.8. The van der Waals surface area contributed by atoms with E-state index in [1.54, 1.807) is 20.1 Å². The van der Waals surface area contributed by atoms with Gasteiger partial charge in [0.2, 0.25) is 5.88 Å². The Kier molecular flexibility index (Phi) is 8.06. The van der Waals surface area contributed by atoms with E-state index < -0.39 is 17.4 Å². The maximum atomic E-state index is 12.9. The Labute approximate surface area is 185 Å². The van der Waals surface area contributed by atoms with Gasteiger partial charge in [-0.2, -0.15) is 0 Å². The Bertz CT molecular complexity index is 1010. The van der Waals surface area contributed by atoms with Gasteiger partial charge in [0.05, 0.1) is 43.2 Å². The summed E-state index contributed by atoms with van der Waals surface area (Å²) in [7, 11) is 1.57. The molecule has 0 bridgehead atoms. The number of nitrogens with zero attached hydrogens (tertiary/aromatic N) is 1. The van der Waals surface area contributed by atoms with Gasteiger partial charge in [-0.25, -0.2) is 4.98 Å². The molecule has 2 aromatic carbocycles. The first-order valence-electron chi connectivity index (χ1n) is 10.0. The SMILES string of the molecule is CCOC(=O)C[C@H](N[S+]([O-])c1ccc(C)cc1)c1cccc(-c2cccc(OC)n2)c1. The largest absolute Gasteiger partial charge is 0.593 e. The van der Waals surface area contributed by atoms with Gasteiger partial charge < -0.3 is 14.0 Å². The highest BCUT2D eigenvalue weighted by molar-refractivity contribution is 7.89. The fraction of sp³-hybridized carbons (Fsp3) is 0.250. The van der Waals surface area contributed by atoms with Crippen LogP contribution >= 0.6 is 0 Å². The minimum absolute atomic E-state index is 0.0560. The number of nitrogens with one attached hydrogen (secondary N) is 1. The number of pyridine rings is 1. The van der Waals surface area contributed by atoms with Crippen molar-refractivity contribution in [2.24, 2.45) is 0 Å². The molecular weight excluding hydrogens is 412 g/mol. The van der Waals surface area contributed by atoms with E-state index in [1.807, 2.05) is 67.6 Å². The third kappa shape index (κ3) is 6.30. The van der Waals surface area contributed by atoms with Crippen molar-refractivity contribution in [3.63, 3.8) is 0 Å². The number of carbonyl (C=O) groups is 1. The third-order valence-corrected chi connectivity index (χ3v) is 5.88. The lowest BCUT2D eigenvalue weighted by Crippen LogP contribution is -2.30. The molecule has 0 saturated carbocycles. The van der Waals surface area contributed by atoms with Crippen molar-refractivity contribution in [1.82, 2.24) is 9.71 Å². The van der Waals surface area contributed by atoms with E-state index in [0.29, 0.717) is 17.4 Å². The number of hydrogen-bond acceptors (Lipinski definition) is 6. The Morgan fingerprint density at radius 3 is 2.58 bits per heavy atom. The van der Waals surface area contributed by atoms with Gasteiger partial charge >= 0.3 is 5.97 Å². The number of methoxy groups -OCH3 is 1. The highest BCUT2D eigenvalue weighted by Crippen LogP contribution is 2.27. The average molecular weight is 439 g/mol. The summed E-state index contributed by atoms with van der Waals surface area (Å²) in [5, 5.41) is 0. The fourth-order valence-electron chi connectivity index (χ4n) is 3.08. The molecule has 1 N–H and O–H groups in total. The molecule has 0 radical (unpaired) electrons. The molecule has 162 valence electrons. The van der Waals surface area contributed by atoms with Gasteiger partial charge in [-0.3, -0.25) is 4.79 Å². The van der Waals surface area contributed by atoms with Crippen molar-refractivity contribution in [2.45, 2.75) is 31.2 Å². The van der Waals surface area contributed by atoms with Crippen LogP contribution in [0.1, 0.15) is 30.5 Å². The molecule has 1 aromatic heterocycles. The molecule has 31 heavy (non-hydrogen) atoms. The van der Waals surface area contributed by atoms with Gasteiger partial charge in [0.25, 0.3) is 0 Å². The average Bonchev–Trinajstić information content (AvgIpc) is 2.79. The second kappa shape index (κ2) is 10.9. The lowest BCUT2D eigenvalue weighted by molar-refractivity contribution is -0.143. The van der Waals surface area contributed by atoms with Crippen molar-refractivity contribution < 1.29 is 18.8 Å². The van der Waals surface area contributed by atoms with Gasteiger partial charge in [-0.1, -0.05) is 42.0 Å². The Morgan fingerprint density at radius 1 is 1.13 bits per heavy atom. The standard InChI is InChI=1S/C24H26N2O4S/c1-4-30-24(27)16-22(26-31(28)20-13-11-17(2)12-14-20)19-8-5-7-18(15-19)21-9-6-10-23(25-21)29-3/h5-15,22,26H,4,16H2,1-3H3/t22-,31?/m0/s1. The van der Waals surface area contributed by atoms with Crippen LogP contribution in [0.4, 0.5) is 0 Å². The molecular formula is C24H26N2O4S. The van der Waals surface area contributed by atoms with E-state index in [2.05, 4.69) is 9.71 Å². The topological polar surface area (TPSA) is 83.5 Å². The van der Waals surface area contributed by atoms with E-state index in [1.165, 1.54) is 0 Å². The number of hydrogen-bond donors (Lipinski definition) is 1. The summed E-state index contributed by atoms with van der Waals surface area (Å²) < 4.78 is 26.4. The molecule has 3 rings (SSSR count). The zero-order valence-corrected chi connectivity index (χ0v) is 18.6. The number of esters is 1. The number of benzene rings is 2. The number of aryl methyl sites for hydroxylation is 1. The van der Waals surface area contributed by atoms with Gasteiger partial charge in [0.15, 0.2) is 4.90 Å². The van der Waals surface area contributed by atoms with Crippen LogP contribution in [0.15, 0.2) is 71.6 Å². The summed E-state index contributed by atoms with van der Waals surface area (Å²) in [5.41, 5.74) is 3.52. The smallest absolute Gasteiger partial charge is 0.307 e. The molecule has 0 spiro atoms. The van der Waals surface area contributed by atoms with Crippen molar-refractivity contribution >= 4 is 17.3 Å². The molecule has 1 unspecified atom stereocenters. The molecule has 0 saturated heterocycles. The summed E-state index contributed by atoms with van der Waals surface area (Å²) in [6.45, 7) is 4.03. The molecule has 0 aliphatic heterocycles. The van der Waals surface area contributed by atoms with Crippen molar-refractivity contribution in [2.75, 3.05) is 13.7 Å². The number of aromatic nitrogens is 1. The van der Waals surface area contributed by atoms with Crippen LogP contribution in [0.25, 0.3) is 11.3 Å². The van der Waals surface area contributed by atoms with E-state index in [0.717, 1.165) is 22.4 Å². The third-order valence-electron chi connectivity index (χ3n) is 4.68. The van der Waals surface area contributed by atoms with Gasteiger partial charge in [0, 0.05) is 11.6 Å². The number of rotatable bonds is 9. The number of carbonyl (C=O) groups excluding carboxylic acids is 1. The maximum Gasteiger partial charge on any atom is 0.307 e. The minimum atomic E-state index is -1.49. The maximum absolute atomic E-state index is 12.9. The van der Waals surface area contributed by atoms with Crippen LogP contribution in [0.2, 0.25) is 0 Å². The van der Waals surface area contributed by atoms with E-state index in [4.69, 9.17) is 9.47 Å². The summed E-state index contributed by atoms with van der Waals surface area (Å²) in [5.74, 6) is 0.162. The fourth-order valence-corrected chi connectivity index (χ4v) is 4.07. The quantitative estimate of drug-likeness (QED) is 0.394. The summed E-state index contributed by atoms with van der Waals surface area (Å²) >= 11 is -1.49. The van der Waals surface area contributed by atoms with Gasteiger partial charge in [-0.15, -0.1) is 4.72 Å². The second-order valence-corrected chi connectivity index (χ2v) is 8.20. The zero-order chi connectivity index (χ0) is 22.2. The lowest BCUT2D eigenvalue weighted by Gasteiger charge is -2.20. The highest BCUT2D eigenvalue weighted by Gasteiger charge is 2.24. The summed E-state index contributed by atoms with van der Waals surface area (Å²) in [4.78, 5) is 17.4. The molecule has 7 heteroatoms. The van der Waals surface area contributed by atoms with Crippen molar-refractivity contribution in [1.29, 1.82) is 0 Å². The van der Waals surface area contributed by atoms with Crippen LogP contribution in [0.3, 0.4) is 0 Å². The van der Waals surface area contributed by atoms with Gasteiger partial charge in [-0.05, 0) is 43.7 Å². The van der Waals surface area contributed by atoms with E-state index in [9.17, 15) is 9.35 Å². The van der Waals surface area contributed by atoms with Crippen molar-refractivity contribution in [3.05, 3.63) is 77.9 Å². The predicted molar refractivity (Wildman–Crippen MR) is 121 cm³/mol. The molecule has 2 atom stereocenters. The summed E-state index contributed by atoms with van der Waals surface area (Å²) in [6.07, 6.45) is 0.0560. The Hall–Kier alpha value is -2.87. The van der Waals surface area contributed by atoms with Crippen LogP contribution in [-0.4, -0.2) is 29.2 Å². The molecule has 1 heterocycles. The van der Waals surface area contributed by atoms with E-state index in [-0.39, 0.29) is 12.4 Å². The van der Waals surface area contributed by atoms with Crippen LogP contribution in [-0.2, 0) is 20.9 Å². The number of ether oxygens (including phenoxy) is 2. The normalized spacial score (nSPS) is 12.8. The highest BCUT2D eigenvalue weighted by atomic mass is 32.2.